The van der Waals surface area contributed by atoms with E-state index >= 15 is 0 Å². The number of hydrogen-bond donors (Lipinski definition) is 1. The number of rotatable bonds is 6. The Balaban J connectivity index is 2.26. The van der Waals surface area contributed by atoms with Gasteiger partial charge in [0.1, 0.15) is 0 Å². The van der Waals surface area contributed by atoms with Crippen molar-refractivity contribution in [3.63, 3.8) is 0 Å². The van der Waals surface area contributed by atoms with Crippen molar-refractivity contribution in [1.29, 1.82) is 0 Å². The Morgan fingerprint density at radius 3 is 2.93 bits per heavy atom. The first-order valence-corrected chi connectivity index (χ1v) is 5.47. The van der Waals surface area contributed by atoms with Gasteiger partial charge in [-0.1, -0.05) is 13.5 Å². The van der Waals surface area contributed by atoms with Gasteiger partial charge >= 0.3 is 0 Å². The van der Waals surface area contributed by atoms with Gasteiger partial charge in [-0.15, -0.1) is 0 Å². The Labute approximate surface area is 86.9 Å². The zero-order valence-corrected chi connectivity index (χ0v) is 9.17. The monoisotopic (exact) mass is 198 g/mol. The molecule has 3 nitrogen and oxygen atoms in total. The van der Waals surface area contributed by atoms with E-state index in [-0.39, 0.29) is 0 Å². The SMILES string of the molecule is C=C(CN)CN(CC)CC1CCCO1. The van der Waals surface area contributed by atoms with Gasteiger partial charge in [-0.2, -0.15) is 0 Å². The predicted molar refractivity (Wildman–Crippen MR) is 59.3 cm³/mol. The molecule has 0 radical (unpaired) electrons. The molecule has 0 aromatic rings. The van der Waals surface area contributed by atoms with Crippen molar-refractivity contribution >= 4 is 0 Å². The smallest absolute Gasteiger partial charge is 0.0702 e. The molecule has 1 aliphatic heterocycles. The molecular formula is C11H22N2O. The van der Waals surface area contributed by atoms with Crippen LogP contribution in [0, 0.1) is 0 Å². The van der Waals surface area contributed by atoms with Crippen molar-refractivity contribution in [3.8, 4) is 0 Å². The van der Waals surface area contributed by atoms with Crippen LogP contribution in [-0.2, 0) is 4.74 Å². The Morgan fingerprint density at radius 1 is 1.64 bits per heavy atom. The van der Waals surface area contributed by atoms with E-state index in [4.69, 9.17) is 10.5 Å². The van der Waals surface area contributed by atoms with Gasteiger partial charge in [0.15, 0.2) is 0 Å². The predicted octanol–water partition coefficient (Wildman–Crippen LogP) is 1.00. The summed E-state index contributed by atoms with van der Waals surface area (Å²) in [6, 6.07) is 0. The number of ether oxygens (including phenoxy) is 1. The summed E-state index contributed by atoms with van der Waals surface area (Å²) in [7, 11) is 0. The summed E-state index contributed by atoms with van der Waals surface area (Å²) in [5, 5.41) is 0. The summed E-state index contributed by atoms with van der Waals surface area (Å²) < 4.78 is 5.60. The number of hydrogen-bond acceptors (Lipinski definition) is 3. The van der Waals surface area contributed by atoms with Crippen LogP contribution in [0.4, 0.5) is 0 Å². The maximum Gasteiger partial charge on any atom is 0.0702 e. The summed E-state index contributed by atoms with van der Waals surface area (Å²) in [5.74, 6) is 0. The largest absolute Gasteiger partial charge is 0.377 e. The molecule has 1 saturated heterocycles. The lowest BCUT2D eigenvalue weighted by atomic mass is 10.2. The summed E-state index contributed by atoms with van der Waals surface area (Å²) in [6.07, 6.45) is 2.84. The molecule has 82 valence electrons. The topological polar surface area (TPSA) is 38.5 Å². The van der Waals surface area contributed by atoms with Crippen LogP contribution in [0.1, 0.15) is 19.8 Å². The molecule has 1 rings (SSSR count). The van der Waals surface area contributed by atoms with Crippen LogP contribution in [0.15, 0.2) is 12.2 Å². The molecule has 1 unspecified atom stereocenters. The van der Waals surface area contributed by atoms with Crippen LogP contribution in [0.3, 0.4) is 0 Å². The summed E-state index contributed by atoms with van der Waals surface area (Å²) in [6.45, 7) is 10.6. The first-order chi connectivity index (χ1) is 6.76. The van der Waals surface area contributed by atoms with Crippen LogP contribution >= 0.6 is 0 Å². The third kappa shape index (κ3) is 3.78. The van der Waals surface area contributed by atoms with Gasteiger partial charge in [-0.25, -0.2) is 0 Å². The zero-order valence-electron chi connectivity index (χ0n) is 9.17. The molecule has 0 aromatic heterocycles. The van der Waals surface area contributed by atoms with Crippen LogP contribution in [0.2, 0.25) is 0 Å². The second-order valence-corrected chi connectivity index (χ2v) is 3.92. The van der Waals surface area contributed by atoms with Crippen molar-refractivity contribution in [2.24, 2.45) is 5.73 Å². The third-order valence-electron chi connectivity index (χ3n) is 2.67. The van der Waals surface area contributed by atoms with E-state index in [2.05, 4.69) is 18.4 Å². The molecule has 0 aliphatic carbocycles. The fraction of sp³-hybridized carbons (Fsp3) is 0.818. The highest BCUT2D eigenvalue weighted by Crippen LogP contribution is 2.13. The summed E-state index contributed by atoms with van der Waals surface area (Å²) >= 11 is 0. The van der Waals surface area contributed by atoms with Gasteiger partial charge in [0.25, 0.3) is 0 Å². The first-order valence-electron chi connectivity index (χ1n) is 5.47. The summed E-state index contributed by atoms with van der Waals surface area (Å²) in [4.78, 5) is 2.35. The molecule has 1 heterocycles. The molecule has 0 bridgehead atoms. The average Bonchev–Trinajstić information content (AvgIpc) is 2.69. The van der Waals surface area contributed by atoms with E-state index in [1.165, 1.54) is 12.8 Å². The molecule has 0 saturated carbocycles. The van der Waals surface area contributed by atoms with E-state index in [1.54, 1.807) is 0 Å². The molecular weight excluding hydrogens is 176 g/mol. The van der Waals surface area contributed by atoms with E-state index < -0.39 is 0 Å². The van der Waals surface area contributed by atoms with Gasteiger partial charge in [0.05, 0.1) is 6.10 Å². The Bertz CT molecular complexity index is 176. The van der Waals surface area contributed by atoms with E-state index in [0.717, 1.165) is 31.8 Å². The van der Waals surface area contributed by atoms with Crippen LogP contribution in [0.25, 0.3) is 0 Å². The minimum atomic E-state index is 0.431. The van der Waals surface area contributed by atoms with Crippen molar-refractivity contribution < 1.29 is 4.74 Å². The second kappa shape index (κ2) is 6.17. The zero-order chi connectivity index (χ0) is 10.4. The van der Waals surface area contributed by atoms with Crippen molar-refractivity contribution in [2.75, 3.05) is 32.8 Å². The van der Waals surface area contributed by atoms with Gasteiger partial charge in [-0.05, 0) is 25.0 Å². The first kappa shape index (κ1) is 11.7. The van der Waals surface area contributed by atoms with E-state index in [9.17, 15) is 0 Å². The molecule has 1 aliphatic rings. The standard InChI is InChI=1S/C11H22N2O/c1-3-13(8-10(2)7-12)9-11-5-4-6-14-11/h11H,2-9,12H2,1H3. The molecule has 0 aromatic carbocycles. The Hall–Kier alpha value is -0.380. The average molecular weight is 198 g/mol. The molecule has 14 heavy (non-hydrogen) atoms. The normalized spacial score (nSPS) is 21.8. The van der Waals surface area contributed by atoms with Crippen LogP contribution < -0.4 is 5.73 Å². The Morgan fingerprint density at radius 2 is 2.43 bits per heavy atom. The lowest BCUT2D eigenvalue weighted by Crippen LogP contribution is -2.34. The van der Waals surface area contributed by atoms with Gasteiger partial charge < -0.3 is 10.5 Å². The maximum absolute atomic E-state index is 5.60. The second-order valence-electron chi connectivity index (χ2n) is 3.92. The van der Waals surface area contributed by atoms with Crippen LogP contribution in [-0.4, -0.2) is 43.8 Å². The van der Waals surface area contributed by atoms with E-state index in [0.29, 0.717) is 12.6 Å². The number of nitrogens with zero attached hydrogens (tertiary/aromatic N) is 1. The maximum atomic E-state index is 5.60. The highest BCUT2D eigenvalue weighted by molar-refractivity contribution is 4.98. The fourth-order valence-electron chi connectivity index (χ4n) is 1.76. The number of likely N-dealkylation sites (N-methyl/N-ethyl adjacent to an activating group) is 1. The molecule has 0 amide bonds. The Kier molecular flexibility index (Phi) is 5.15. The minimum absolute atomic E-state index is 0.431. The highest BCUT2D eigenvalue weighted by atomic mass is 16.5. The minimum Gasteiger partial charge on any atom is -0.377 e. The third-order valence-corrected chi connectivity index (χ3v) is 2.67. The van der Waals surface area contributed by atoms with Crippen molar-refractivity contribution in [3.05, 3.63) is 12.2 Å². The number of nitrogens with two attached hydrogens (primary N) is 1. The lowest BCUT2D eigenvalue weighted by Gasteiger charge is -2.24. The molecule has 1 atom stereocenters. The van der Waals surface area contributed by atoms with Gasteiger partial charge in [-0.3, -0.25) is 4.90 Å². The van der Waals surface area contributed by atoms with Crippen LogP contribution in [0.5, 0.6) is 0 Å². The molecule has 0 spiro atoms. The van der Waals surface area contributed by atoms with Gasteiger partial charge in [0, 0.05) is 26.2 Å². The molecule has 2 N–H and O–H groups in total. The highest BCUT2D eigenvalue weighted by Gasteiger charge is 2.18. The lowest BCUT2D eigenvalue weighted by molar-refractivity contribution is 0.0777. The quantitative estimate of drug-likeness (QED) is 0.647. The van der Waals surface area contributed by atoms with Gasteiger partial charge in [0.2, 0.25) is 0 Å². The van der Waals surface area contributed by atoms with Crippen molar-refractivity contribution in [2.45, 2.75) is 25.9 Å². The fourth-order valence-corrected chi connectivity index (χ4v) is 1.76. The van der Waals surface area contributed by atoms with Crippen molar-refractivity contribution in [1.82, 2.24) is 4.90 Å². The summed E-state index contributed by atoms with van der Waals surface area (Å²) in [5.41, 5.74) is 6.63. The molecule has 1 fully saturated rings. The van der Waals surface area contributed by atoms with E-state index in [1.807, 2.05) is 0 Å². The molecule has 3 heteroatoms.